The summed E-state index contributed by atoms with van der Waals surface area (Å²) < 4.78 is 0. The van der Waals surface area contributed by atoms with Crippen LogP contribution >= 0.6 is 0 Å². The van der Waals surface area contributed by atoms with E-state index in [9.17, 15) is 24.6 Å². The summed E-state index contributed by atoms with van der Waals surface area (Å²) in [4.78, 5) is 41.0. The van der Waals surface area contributed by atoms with Crippen LogP contribution in [-0.2, 0) is 16.0 Å². The van der Waals surface area contributed by atoms with Crippen LogP contribution in [0.4, 0.5) is 0 Å². The fourth-order valence-electron chi connectivity index (χ4n) is 4.75. The van der Waals surface area contributed by atoms with Crippen LogP contribution in [0.25, 0.3) is 0 Å². The number of amides is 3. The first kappa shape index (κ1) is 31.4. The lowest BCUT2D eigenvalue weighted by Crippen LogP contribution is -2.50. The summed E-state index contributed by atoms with van der Waals surface area (Å²) in [5.41, 5.74) is 1.81. The Balaban J connectivity index is 1.86. The van der Waals surface area contributed by atoms with Gasteiger partial charge in [-0.25, -0.2) is 0 Å². The first-order chi connectivity index (χ1) is 19.4. The van der Waals surface area contributed by atoms with Crippen molar-refractivity contribution in [2.24, 2.45) is 0 Å². The average molecular weight is 560 g/mol. The molecule has 41 heavy (non-hydrogen) atoms. The number of aliphatic hydroxyl groups excluding tert-OH is 1. The van der Waals surface area contributed by atoms with E-state index in [1.165, 1.54) is 17.9 Å². The molecule has 0 radical (unpaired) electrons. The number of hydrogen-bond acceptors (Lipinski definition) is 5. The van der Waals surface area contributed by atoms with Crippen LogP contribution in [0.5, 0.6) is 5.75 Å². The fraction of sp³-hybridized carbons (Fsp3) is 0.364. The summed E-state index contributed by atoms with van der Waals surface area (Å²) in [6, 6.07) is 21.7. The van der Waals surface area contributed by atoms with Crippen molar-refractivity contribution in [3.05, 3.63) is 101 Å². The lowest BCUT2D eigenvalue weighted by atomic mass is 9.97. The van der Waals surface area contributed by atoms with Crippen LogP contribution in [0, 0.1) is 6.92 Å². The van der Waals surface area contributed by atoms with Gasteiger partial charge in [-0.3, -0.25) is 14.4 Å². The molecule has 0 saturated carbocycles. The molecule has 3 atom stereocenters. The van der Waals surface area contributed by atoms with Gasteiger partial charge in [0.15, 0.2) is 0 Å². The van der Waals surface area contributed by atoms with Gasteiger partial charge in [-0.1, -0.05) is 66.7 Å². The van der Waals surface area contributed by atoms with E-state index in [-0.39, 0.29) is 30.5 Å². The Labute approximate surface area is 242 Å². The molecule has 3 unspecified atom stereocenters. The molecule has 3 amide bonds. The predicted molar refractivity (Wildman–Crippen MR) is 159 cm³/mol. The van der Waals surface area contributed by atoms with Crippen LogP contribution < -0.4 is 10.6 Å². The number of aromatic hydroxyl groups is 1. The maximum absolute atomic E-state index is 13.4. The quantitative estimate of drug-likeness (QED) is 0.279. The molecule has 3 aromatic carbocycles. The molecule has 0 saturated heterocycles. The highest BCUT2D eigenvalue weighted by Crippen LogP contribution is 2.24. The number of aliphatic hydroxyl groups is 1. The van der Waals surface area contributed by atoms with E-state index in [1.54, 1.807) is 31.2 Å². The summed E-state index contributed by atoms with van der Waals surface area (Å²) in [5.74, 6) is -1.04. The average Bonchev–Trinajstić information content (AvgIpc) is 2.91. The number of nitrogens with one attached hydrogen (secondary N) is 2. The third kappa shape index (κ3) is 8.91. The molecule has 0 heterocycles. The maximum atomic E-state index is 13.4. The molecule has 0 aliphatic heterocycles. The van der Waals surface area contributed by atoms with Gasteiger partial charge < -0.3 is 25.7 Å². The number of nitrogens with zero attached hydrogens (tertiary/aromatic N) is 1. The molecule has 3 rings (SSSR count). The summed E-state index contributed by atoms with van der Waals surface area (Å²) in [6.07, 6.45) is -0.582. The minimum absolute atomic E-state index is 0.00963. The molecule has 8 nitrogen and oxygen atoms in total. The Morgan fingerprint density at radius 2 is 1.51 bits per heavy atom. The second kappa shape index (κ2) is 13.9. The molecule has 0 aromatic heterocycles. The first-order valence-corrected chi connectivity index (χ1v) is 13.8. The van der Waals surface area contributed by atoms with E-state index >= 15 is 0 Å². The van der Waals surface area contributed by atoms with Gasteiger partial charge in [0.25, 0.3) is 5.91 Å². The van der Waals surface area contributed by atoms with Gasteiger partial charge >= 0.3 is 0 Å². The van der Waals surface area contributed by atoms with Crippen molar-refractivity contribution < 1.29 is 24.6 Å². The summed E-state index contributed by atoms with van der Waals surface area (Å²) >= 11 is 0. The van der Waals surface area contributed by atoms with Crippen molar-refractivity contribution >= 4 is 17.7 Å². The zero-order valence-electron chi connectivity index (χ0n) is 24.4. The summed E-state index contributed by atoms with van der Waals surface area (Å²) in [7, 11) is 0. The number of carbonyl (C=O) groups is 3. The van der Waals surface area contributed by atoms with Crippen molar-refractivity contribution in [2.45, 2.75) is 71.2 Å². The maximum Gasteiger partial charge on any atom is 0.252 e. The van der Waals surface area contributed by atoms with Gasteiger partial charge in [0.1, 0.15) is 11.8 Å². The standard InChI is InChI=1S/C33H41N3O5/c1-22-26(17-12-18-28(22)38)31(40)34-27(21-24-13-8-6-9-14-24)29(39)19-20-36(23(2)37)30(25-15-10-7-11-16-25)32(41)35-33(3,4)5/h6-18,27,29-30,38-39H,19-21H2,1-5H3,(H,34,40)(H,35,41). The zero-order chi connectivity index (χ0) is 30.2. The molecule has 218 valence electrons. The SMILES string of the molecule is CC(=O)N(CCC(O)C(Cc1ccccc1)NC(=O)c1cccc(O)c1C)C(C(=O)NC(C)(C)C)c1ccccc1. The van der Waals surface area contributed by atoms with Gasteiger partial charge in [0.05, 0.1) is 12.1 Å². The van der Waals surface area contributed by atoms with Crippen molar-refractivity contribution in [3.8, 4) is 5.75 Å². The largest absolute Gasteiger partial charge is 0.508 e. The van der Waals surface area contributed by atoms with Crippen molar-refractivity contribution in [1.29, 1.82) is 0 Å². The number of benzene rings is 3. The van der Waals surface area contributed by atoms with E-state index in [1.807, 2.05) is 69.3 Å². The molecule has 4 N–H and O–H groups in total. The minimum atomic E-state index is -1.04. The Morgan fingerprint density at radius 1 is 0.902 bits per heavy atom. The van der Waals surface area contributed by atoms with E-state index in [0.29, 0.717) is 23.1 Å². The second-order valence-electron chi connectivity index (χ2n) is 11.3. The van der Waals surface area contributed by atoms with Crippen molar-refractivity contribution in [3.63, 3.8) is 0 Å². The van der Waals surface area contributed by atoms with Gasteiger partial charge in [0.2, 0.25) is 11.8 Å². The molecular weight excluding hydrogens is 518 g/mol. The van der Waals surface area contributed by atoms with Crippen LogP contribution in [-0.4, -0.2) is 57.1 Å². The molecule has 0 spiro atoms. The topological polar surface area (TPSA) is 119 Å². The van der Waals surface area contributed by atoms with Gasteiger partial charge in [-0.2, -0.15) is 0 Å². The number of phenolic OH excluding ortho intramolecular Hbond substituents is 1. The number of carbonyl (C=O) groups excluding carboxylic acids is 3. The lowest BCUT2D eigenvalue weighted by Gasteiger charge is -2.34. The highest BCUT2D eigenvalue weighted by molar-refractivity contribution is 5.96. The Kier molecular flexibility index (Phi) is 10.7. The minimum Gasteiger partial charge on any atom is -0.508 e. The molecule has 0 aliphatic rings. The zero-order valence-corrected chi connectivity index (χ0v) is 24.4. The third-order valence-electron chi connectivity index (χ3n) is 6.87. The monoisotopic (exact) mass is 559 g/mol. The third-order valence-corrected chi connectivity index (χ3v) is 6.87. The Hall–Kier alpha value is -4.17. The van der Waals surface area contributed by atoms with Crippen LogP contribution in [0.15, 0.2) is 78.9 Å². The van der Waals surface area contributed by atoms with Crippen LogP contribution in [0.3, 0.4) is 0 Å². The first-order valence-electron chi connectivity index (χ1n) is 13.8. The summed E-state index contributed by atoms with van der Waals surface area (Å²) in [5, 5.41) is 27.4. The van der Waals surface area contributed by atoms with Gasteiger partial charge in [-0.05, 0) is 63.8 Å². The van der Waals surface area contributed by atoms with Crippen molar-refractivity contribution in [2.75, 3.05) is 6.54 Å². The highest BCUT2D eigenvalue weighted by Gasteiger charge is 2.33. The smallest absolute Gasteiger partial charge is 0.252 e. The lowest BCUT2D eigenvalue weighted by molar-refractivity contribution is -0.140. The predicted octanol–water partition coefficient (Wildman–Crippen LogP) is 4.30. The Morgan fingerprint density at radius 3 is 2.10 bits per heavy atom. The molecule has 0 fully saturated rings. The van der Waals surface area contributed by atoms with E-state index < -0.39 is 29.6 Å². The number of rotatable bonds is 11. The van der Waals surface area contributed by atoms with E-state index in [4.69, 9.17) is 0 Å². The highest BCUT2D eigenvalue weighted by atomic mass is 16.3. The normalized spacial score (nSPS) is 13.5. The van der Waals surface area contributed by atoms with Crippen LogP contribution in [0.2, 0.25) is 0 Å². The summed E-state index contributed by atoms with van der Waals surface area (Å²) in [6.45, 7) is 8.77. The number of phenols is 1. The van der Waals surface area contributed by atoms with Gasteiger partial charge in [-0.15, -0.1) is 0 Å². The Bertz CT molecular complexity index is 1320. The van der Waals surface area contributed by atoms with E-state index in [2.05, 4.69) is 10.6 Å². The number of hydrogen-bond donors (Lipinski definition) is 4. The van der Waals surface area contributed by atoms with Crippen LogP contribution in [0.1, 0.15) is 67.2 Å². The molecule has 3 aromatic rings. The fourth-order valence-corrected chi connectivity index (χ4v) is 4.75. The molecule has 0 aliphatic carbocycles. The molecular formula is C33H41N3O5. The second-order valence-corrected chi connectivity index (χ2v) is 11.3. The van der Waals surface area contributed by atoms with Gasteiger partial charge in [0, 0.05) is 30.1 Å². The van der Waals surface area contributed by atoms with E-state index in [0.717, 1.165) is 5.56 Å². The van der Waals surface area contributed by atoms with Crippen molar-refractivity contribution in [1.82, 2.24) is 15.5 Å². The molecule has 0 bridgehead atoms. The molecule has 8 heteroatoms.